The van der Waals surface area contributed by atoms with Crippen molar-refractivity contribution in [2.45, 2.75) is 24.3 Å². The third-order valence-electron chi connectivity index (χ3n) is 5.75. The number of benzene rings is 3. The van der Waals surface area contributed by atoms with Crippen LogP contribution in [0.5, 0.6) is 17.2 Å². The fourth-order valence-corrected chi connectivity index (χ4v) is 4.74. The van der Waals surface area contributed by atoms with Crippen molar-refractivity contribution in [3.05, 3.63) is 90.1 Å². The van der Waals surface area contributed by atoms with Gasteiger partial charge < -0.3 is 18.7 Å². The molecule has 38 heavy (non-hydrogen) atoms. The molecule has 2 aromatic heterocycles. The fourth-order valence-electron chi connectivity index (χ4n) is 3.94. The SMILES string of the molecule is CCOc1ccc(-n2c(Cc3ccccc3)nnc2SCc2nc(-c3ccc(OC)cc3OC)no2)cc1. The van der Waals surface area contributed by atoms with Crippen LogP contribution in [0.25, 0.3) is 17.1 Å². The first kappa shape index (κ1) is 25.3. The molecule has 0 fully saturated rings. The number of thioether (sulfide) groups is 1. The summed E-state index contributed by atoms with van der Waals surface area (Å²) >= 11 is 1.48. The second-order valence-electron chi connectivity index (χ2n) is 8.19. The fraction of sp³-hybridized carbons (Fsp3) is 0.214. The highest BCUT2D eigenvalue weighted by Crippen LogP contribution is 2.33. The molecule has 0 aliphatic rings. The van der Waals surface area contributed by atoms with E-state index in [2.05, 4.69) is 37.0 Å². The minimum atomic E-state index is 0.423. The maximum absolute atomic E-state index is 5.62. The Kier molecular flexibility index (Phi) is 7.89. The second kappa shape index (κ2) is 11.8. The predicted octanol–water partition coefficient (Wildman–Crippen LogP) is 5.62. The zero-order chi connectivity index (χ0) is 26.3. The lowest BCUT2D eigenvalue weighted by Gasteiger charge is -2.11. The number of hydrogen-bond acceptors (Lipinski definition) is 9. The summed E-state index contributed by atoms with van der Waals surface area (Å²) < 4.78 is 24.0. The molecule has 0 radical (unpaired) electrons. The average molecular weight is 530 g/mol. The van der Waals surface area contributed by atoms with E-state index in [1.54, 1.807) is 20.3 Å². The number of nitrogens with zero attached hydrogens (tertiary/aromatic N) is 5. The van der Waals surface area contributed by atoms with Crippen LogP contribution in [0, 0.1) is 0 Å². The summed E-state index contributed by atoms with van der Waals surface area (Å²) in [5.41, 5.74) is 2.82. The molecule has 0 atom stereocenters. The summed E-state index contributed by atoms with van der Waals surface area (Å²) in [6.45, 7) is 2.58. The van der Waals surface area contributed by atoms with Crippen molar-refractivity contribution in [3.63, 3.8) is 0 Å². The van der Waals surface area contributed by atoms with Crippen LogP contribution in [0.4, 0.5) is 0 Å². The Morgan fingerprint density at radius 3 is 2.42 bits per heavy atom. The van der Waals surface area contributed by atoms with E-state index in [0.29, 0.717) is 42.0 Å². The normalized spacial score (nSPS) is 10.9. The van der Waals surface area contributed by atoms with Gasteiger partial charge in [-0.05, 0) is 48.9 Å². The zero-order valence-corrected chi connectivity index (χ0v) is 22.1. The number of aromatic nitrogens is 5. The number of rotatable bonds is 11. The number of hydrogen-bond donors (Lipinski definition) is 0. The summed E-state index contributed by atoms with van der Waals surface area (Å²) in [5.74, 6) is 4.26. The van der Waals surface area contributed by atoms with Crippen LogP contribution in [0.15, 0.2) is 82.5 Å². The van der Waals surface area contributed by atoms with E-state index in [1.165, 1.54) is 11.8 Å². The third kappa shape index (κ3) is 5.65. The van der Waals surface area contributed by atoms with Crippen LogP contribution in [0.3, 0.4) is 0 Å². The first-order valence-corrected chi connectivity index (χ1v) is 13.1. The highest BCUT2D eigenvalue weighted by Gasteiger charge is 2.18. The van der Waals surface area contributed by atoms with Crippen LogP contribution < -0.4 is 14.2 Å². The Labute approximate surface area is 224 Å². The lowest BCUT2D eigenvalue weighted by Crippen LogP contribution is -2.04. The lowest BCUT2D eigenvalue weighted by atomic mass is 10.1. The van der Waals surface area contributed by atoms with Gasteiger partial charge in [0.25, 0.3) is 0 Å². The van der Waals surface area contributed by atoms with Gasteiger partial charge in [0, 0.05) is 18.2 Å². The van der Waals surface area contributed by atoms with Gasteiger partial charge in [-0.2, -0.15) is 4.98 Å². The quantitative estimate of drug-likeness (QED) is 0.202. The Balaban J connectivity index is 1.40. The Bertz CT molecular complexity index is 1490. The second-order valence-corrected chi connectivity index (χ2v) is 9.13. The van der Waals surface area contributed by atoms with Gasteiger partial charge in [-0.25, -0.2) is 0 Å². The summed E-state index contributed by atoms with van der Waals surface area (Å²) in [6, 6.07) is 23.6. The first-order chi connectivity index (χ1) is 18.7. The largest absolute Gasteiger partial charge is 0.497 e. The summed E-state index contributed by atoms with van der Waals surface area (Å²) in [4.78, 5) is 4.58. The maximum Gasteiger partial charge on any atom is 0.237 e. The molecule has 0 aliphatic heterocycles. The van der Waals surface area contributed by atoms with E-state index in [9.17, 15) is 0 Å². The Hall–Kier alpha value is -4.31. The van der Waals surface area contributed by atoms with E-state index in [4.69, 9.17) is 18.7 Å². The monoisotopic (exact) mass is 529 g/mol. The van der Waals surface area contributed by atoms with Crippen LogP contribution >= 0.6 is 11.8 Å². The molecule has 5 rings (SSSR count). The van der Waals surface area contributed by atoms with Crippen molar-refractivity contribution in [3.8, 4) is 34.3 Å². The summed E-state index contributed by atoms with van der Waals surface area (Å²) in [7, 11) is 3.20. The van der Waals surface area contributed by atoms with Gasteiger partial charge in [0.05, 0.1) is 32.1 Å². The molecular formula is C28H27N5O4S. The molecule has 0 spiro atoms. The zero-order valence-electron chi connectivity index (χ0n) is 21.3. The van der Waals surface area contributed by atoms with Crippen molar-refractivity contribution in [2.24, 2.45) is 0 Å². The molecule has 10 heteroatoms. The van der Waals surface area contributed by atoms with Gasteiger partial charge in [-0.15, -0.1) is 10.2 Å². The molecule has 194 valence electrons. The van der Waals surface area contributed by atoms with E-state index in [-0.39, 0.29) is 0 Å². The van der Waals surface area contributed by atoms with Gasteiger partial charge in [0.1, 0.15) is 23.1 Å². The maximum atomic E-state index is 5.62. The van der Waals surface area contributed by atoms with E-state index in [0.717, 1.165) is 33.5 Å². The average Bonchev–Trinajstić information content (AvgIpc) is 3.60. The molecule has 3 aromatic carbocycles. The van der Waals surface area contributed by atoms with Crippen molar-refractivity contribution in [1.82, 2.24) is 24.9 Å². The summed E-state index contributed by atoms with van der Waals surface area (Å²) in [5, 5.41) is 13.9. The van der Waals surface area contributed by atoms with Crippen molar-refractivity contribution >= 4 is 11.8 Å². The highest BCUT2D eigenvalue weighted by molar-refractivity contribution is 7.98. The van der Waals surface area contributed by atoms with Gasteiger partial charge in [0.15, 0.2) is 5.16 Å². The highest BCUT2D eigenvalue weighted by atomic mass is 32.2. The Morgan fingerprint density at radius 1 is 0.895 bits per heavy atom. The minimum absolute atomic E-state index is 0.423. The van der Waals surface area contributed by atoms with Gasteiger partial charge in [-0.3, -0.25) is 4.57 Å². The van der Waals surface area contributed by atoms with Crippen LogP contribution in [0.1, 0.15) is 24.2 Å². The molecule has 2 heterocycles. The number of methoxy groups -OCH3 is 2. The molecular weight excluding hydrogens is 502 g/mol. The van der Waals surface area contributed by atoms with E-state index < -0.39 is 0 Å². The third-order valence-corrected chi connectivity index (χ3v) is 6.67. The van der Waals surface area contributed by atoms with E-state index in [1.807, 2.05) is 61.5 Å². The van der Waals surface area contributed by atoms with Crippen LogP contribution in [-0.2, 0) is 12.2 Å². The van der Waals surface area contributed by atoms with Crippen LogP contribution in [0.2, 0.25) is 0 Å². The first-order valence-electron chi connectivity index (χ1n) is 12.1. The number of ether oxygens (including phenoxy) is 3. The Morgan fingerprint density at radius 2 is 1.68 bits per heavy atom. The molecule has 9 nitrogen and oxygen atoms in total. The summed E-state index contributed by atoms with van der Waals surface area (Å²) in [6.07, 6.45) is 0.642. The van der Waals surface area contributed by atoms with Crippen molar-refractivity contribution < 1.29 is 18.7 Å². The van der Waals surface area contributed by atoms with Gasteiger partial charge in [0.2, 0.25) is 11.7 Å². The molecule has 0 aliphatic carbocycles. The molecule has 0 N–H and O–H groups in total. The minimum Gasteiger partial charge on any atom is -0.497 e. The van der Waals surface area contributed by atoms with Crippen molar-refractivity contribution in [1.29, 1.82) is 0 Å². The van der Waals surface area contributed by atoms with Gasteiger partial charge in [-0.1, -0.05) is 47.3 Å². The standard InChI is InChI=1S/C28H27N5O4S/c1-4-36-21-12-10-20(11-13-21)33-25(16-19-8-6-5-7-9-19)30-31-28(33)38-18-26-29-27(32-37-26)23-15-14-22(34-2)17-24(23)35-3/h5-15,17H,4,16,18H2,1-3H3. The molecule has 0 saturated carbocycles. The predicted molar refractivity (Wildman–Crippen MR) is 144 cm³/mol. The van der Waals surface area contributed by atoms with Gasteiger partial charge >= 0.3 is 0 Å². The smallest absolute Gasteiger partial charge is 0.237 e. The molecule has 0 unspecified atom stereocenters. The molecule has 0 saturated heterocycles. The van der Waals surface area contributed by atoms with Crippen LogP contribution in [-0.4, -0.2) is 45.7 Å². The molecule has 5 aromatic rings. The van der Waals surface area contributed by atoms with E-state index >= 15 is 0 Å². The molecule has 0 bridgehead atoms. The molecule has 0 amide bonds. The lowest BCUT2D eigenvalue weighted by molar-refractivity contribution is 0.340. The van der Waals surface area contributed by atoms with Crippen molar-refractivity contribution in [2.75, 3.05) is 20.8 Å². The topological polar surface area (TPSA) is 97.3 Å².